The quantitative estimate of drug-likeness (QED) is 0.775. The molecule has 3 nitrogen and oxygen atoms in total. The van der Waals surface area contributed by atoms with Crippen molar-refractivity contribution in [2.75, 3.05) is 0 Å². The monoisotopic (exact) mass is 205 g/mol. The van der Waals surface area contributed by atoms with Crippen LogP contribution >= 0.6 is 0 Å². The normalized spacial score (nSPS) is 28.5. The van der Waals surface area contributed by atoms with Crippen LogP contribution in [0.2, 0.25) is 0 Å². The molecule has 1 saturated heterocycles. The first-order valence-corrected chi connectivity index (χ1v) is 6.06. The molecule has 3 heterocycles. The fourth-order valence-corrected chi connectivity index (χ4v) is 2.99. The molecular weight excluding hydrogens is 186 g/mol. The minimum Gasteiger partial charge on any atom is -0.307 e. The zero-order valence-electron chi connectivity index (χ0n) is 9.51. The van der Waals surface area contributed by atoms with E-state index in [0.717, 1.165) is 12.8 Å². The van der Waals surface area contributed by atoms with E-state index in [-0.39, 0.29) is 0 Å². The smallest absolute Gasteiger partial charge is 0.0675 e. The zero-order chi connectivity index (χ0) is 10.4. The molecule has 0 unspecified atom stereocenters. The molecule has 0 radical (unpaired) electrons. The first kappa shape index (κ1) is 9.40. The number of aromatic nitrogens is 2. The summed E-state index contributed by atoms with van der Waals surface area (Å²) in [6.07, 6.45) is 4.88. The Hall–Kier alpha value is -0.830. The van der Waals surface area contributed by atoms with Crippen molar-refractivity contribution < 1.29 is 0 Å². The summed E-state index contributed by atoms with van der Waals surface area (Å²) in [7, 11) is 0. The van der Waals surface area contributed by atoms with Gasteiger partial charge < -0.3 is 5.32 Å². The van der Waals surface area contributed by atoms with Crippen LogP contribution < -0.4 is 5.32 Å². The van der Waals surface area contributed by atoms with E-state index in [9.17, 15) is 0 Å². The summed E-state index contributed by atoms with van der Waals surface area (Å²) in [5.74, 6) is 0.691. The molecule has 3 rings (SSSR count). The summed E-state index contributed by atoms with van der Waals surface area (Å²) < 4.78 is 0. The fraction of sp³-hybridized carbons (Fsp3) is 0.750. The van der Waals surface area contributed by atoms with E-state index in [1.807, 2.05) is 0 Å². The lowest BCUT2D eigenvalue weighted by Crippen LogP contribution is -2.31. The number of fused-ring (bicyclic) bond motifs is 4. The van der Waals surface area contributed by atoms with E-state index < -0.39 is 0 Å². The molecule has 2 aliphatic heterocycles. The van der Waals surface area contributed by atoms with Gasteiger partial charge in [0.15, 0.2) is 0 Å². The molecule has 0 saturated carbocycles. The van der Waals surface area contributed by atoms with Crippen LogP contribution in [0.5, 0.6) is 0 Å². The second-order valence-electron chi connectivity index (χ2n) is 5.36. The number of H-pyrrole nitrogens is 1. The van der Waals surface area contributed by atoms with Crippen molar-refractivity contribution in [3.63, 3.8) is 0 Å². The van der Waals surface area contributed by atoms with Gasteiger partial charge in [0.2, 0.25) is 0 Å². The SMILES string of the molecule is CC(C)Cc1n[nH]c2c1[C@@H]1CC[C@@H](C2)N1. The Morgan fingerprint density at radius 3 is 3.07 bits per heavy atom. The number of nitrogens with one attached hydrogen (secondary N) is 2. The molecule has 2 N–H and O–H groups in total. The third-order valence-corrected chi connectivity index (χ3v) is 3.60. The largest absolute Gasteiger partial charge is 0.307 e. The number of nitrogens with zero attached hydrogens (tertiary/aromatic N) is 1. The first-order chi connectivity index (χ1) is 7.24. The van der Waals surface area contributed by atoms with E-state index >= 15 is 0 Å². The zero-order valence-corrected chi connectivity index (χ0v) is 9.51. The van der Waals surface area contributed by atoms with E-state index in [0.29, 0.717) is 18.0 Å². The Kier molecular flexibility index (Phi) is 2.09. The molecule has 2 atom stereocenters. The highest BCUT2D eigenvalue weighted by Gasteiger charge is 2.35. The van der Waals surface area contributed by atoms with Crippen molar-refractivity contribution in [3.05, 3.63) is 17.0 Å². The van der Waals surface area contributed by atoms with Crippen LogP contribution in [0.1, 0.15) is 49.7 Å². The maximum Gasteiger partial charge on any atom is 0.0675 e. The van der Waals surface area contributed by atoms with Crippen molar-refractivity contribution in [1.29, 1.82) is 0 Å². The standard InChI is InChI=1S/C12H19N3/c1-7(2)5-10-12-9-4-3-8(13-9)6-11(12)15-14-10/h7-9,13H,3-6H2,1-2H3,(H,14,15)/t8-,9-/m0/s1. The van der Waals surface area contributed by atoms with Crippen LogP contribution in [0.25, 0.3) is 0 Å². The molecule has 3 heteroatoms. The number of hydrogen-bond acceptors (Lipinski definition) is 2. The molecule has 0 aliphatic carbocycles. The van der Waals surface area contributed by atoms with Gasteiger partial charge in [-0.1, -0.05) is 13.8 Å². The predicted octanol–water partition coefficient (Wildman–Crippen LogP) is 1.96. The van der Waals surface area contributed by atoms with Crippen molar-refractivity contribution in [2.24, 2.45) is 5.92 Å². The third-order valence-electron chi connectivity index (χ3n) is 3.60. The Balaban J connectivity index is 1.95. The summed E-state index contributed by atoms with van der Waals surface area (Å²) in [5.41, 5.74) is 4.20. The average Bonchev–Trinajstić information content (AvgIpc) is 2.72. The van der Waals surface area contributed by atoms with Gasteiger partial charge in [-0.25, -0.2) is 0 Å². The molecule has 0 aromatic carbocycles. The summed E-state index contributed by atoms with van der Waals surface area (Å²) in [5, 5.41) is 11.4. The van der Waals surface area contributed by atoms with Gasteiger partial charge in [0.25, 0.3) is 0 Å². The molecule has 1 fully saturated rings. The Bertz CT molecular complexity index is 367. The van der Waals surface area contributed by atoms with Gasteiger partial charge in [-0.2, -0.15) is 5.10 Å². The second kappa shape index (κ2) is 3.34. The van der Waals surface area contributed by atoms with Crippen LogP contribution in [0, 0.1) is 5.92 Å². The van der Waals surface area contributed by atoms with Crippen LogP contribution in [0.4, 0.5) is 0 Å². The lowest BCUT2D eigenvalue weighted by Gasteiger charge is -2.22. The van der Waals surface area contributed by atoms with Crippen LogP contribution in [0.15, 0.2) is 0 Å². The maximum atomic E-state index is 4.49. The summed E-state index contributed by atoms with van der Waals surface area (Å²) >= 11 is 0. The Labute approximate surface area is 90.7 Å². The van der Waals surface area contributed by atoms with Gasteiger partial charge >= 0.3 is 0 Å². The molecule has 82 valence electrons. The highest BCUT2D eigenvalue weighted by molar-refractivity contribution is 5.34. The molecule has 0 amide bonds. The minimum absolute atomic E-state index is 0.589. The lowest BCUT2D eigenvalue weighted by molar-refractivity contribution is 0.506. The van der Waals surface area contributed by atoms with E-state index in [1.165, 1.54) is 29.8 Å². The topological polar surface area (TPSA) is 40.7 Å². The third kappa shape index (κ3) is 1.49. The molecule has 2 bridgehead atoms. The van der Waals surface area contributed by atoms with Crippen LogP contribution in [0.3, 0.4) is 0 Å². The van der Waals surface area contributed by atoms with Gasteiger partial charge in [-0.3, -0.25) is 5.10 Å². The molecule has 2 aliphatic rings. The van der Waals surface area contributed by atoms with Crippen molar-refractivity contribution in [2.45, 2.75) is 51.6 Å². The summed E-state index contributed by atoms with van der Waals surface area (Å²) in [6.45, 7) is 4.52. The van der Waals surface area contributed by atoms with Crippen molar-refractivity contribution >= 4 is 0 Å². The van der Waals surface area contributed by atoms with Crippen molar-refractivity contribution in [3.8, 4) is 0 Å². The molecule has 1 aromatic rings. The van der Waals surface area contributed by atoms with Gasteiger partial charge in [0, 0.05) is 29.8 Å². The van der Waals surface area contributed by atoms with Crippen molar-refractivity contribution in [1.82, 2.24) is 15.5 Å². The van der Waals surface area contributed by atoms with Crippen LogP contribution in [-0.2, 0) is 12.8 Å². The first-order valence-electron chi connectivity index (χ1n) is 6.06. The predicted molar refractivity (Wildman–Crippen MR) is 59.7 cm³/mol. The molecule has 1 aromatic heterocycles. The highest BCUT2D eigenvalue weighted by atomic mass is 15.2. The number of rotatable bonds is 2. The maximum absolute atomic E-state index is 4.49. The van der Waals surface area contributed by atoms with Gasteiger partial charge in [-0.15, -0.1) is 0 Å². The van der Waals surface area contributed by atoms with Gasteiger partial charge in [0.05, 0.1) is 5.69 Å². The van der Waals surface area contributed by atoms with E-state index in [4.69, 9.17) is 0 Å². The second-order valence-corrected chi connectivity index (χ2v) is 5.36. The summed E-state index contributed by atoms with van der Waals surface area (Å²) in [4.78, 5) is 0. The summed E-state index contributed by atoms with van der Waals surface area (Å²) in [6, 6.07) is 1.29. The number of aromatic amines is 1. The van der Waals surface area contributed by atoms with Gasteiger partial charge in [0.1, 0.15) is 0 Å². The molecule has 15 heavy (non-hydrogen) atoms. The van der Waals surface area contributed by atoms with E-state index in [2.05, 4.69) is 29.4 Å². The lowest BCUT2D eigenvalue weighted by atomic mass is 9.96. The number of hydrogen-bond donors (Lipinski definition) is 2. The van der Waals surface area contributed by atoms with Gasteiger partial charge in [-0.05, 0) is 25.2 Å². The average molecular weight is 205 g/mol. The Morgan fingerprint density at radius 1 is 1.40 bits per heavy atom. The minimum atomic E-state index is 0.589. The van der Waals surface area contributed by atoms with Crippen LogP contribution in [-0.4, -0.2) is 16.2 Å². The Morgan fingerprint density at radius 2 is 2.27 bits per heavy atom. The molecular formula is C12H19N3. The van der Waals surface area contributed by atoms with E-state index in [1.54, 1.807) is 0 Å². The highest BCUT2D eigenvalue weighted by Crippen LogP contribution is 2.37. The fourth-order valence-electron chi connectivity index (χ4n) is 2.99. The molecule has 0 spiro atoms.